The third-order valence-electron chi connectivity index (χ3n) is 8.30. The Balaban J connectivity index is 1.51. The van der Waals surface area contributed by atoms with E-state index in [1.54, 1.807) is 11.8 Å². The third-order valence-corrected chi connectivity index (χ3v) is 8.30. The van der Waals surface area contributed by atoms with Crippen molar-refractivity contribution in [2.24, 2.45) is 5.92 Å². The molecule has 10 nitrogen and oxygen atoms in total. The van der Waals surface area contributed by atoms with Gasteiger partial charge in [-0.1, -0.05) is 36.4 Å². The zero-order valence-electron chi connectivity index (χ0n) is 29.5. The fourth-order valence-corrected chi connectivity index (χ4v) is 5.65. The number of esters is 1. The van der Waals surface area contributed by atoms with Crippen LogP contribution in [0.25, 0.3) is 0 Å². The van der Waals surface area contributed by atoms with Crippen molar-refractivity contribution >= 4 is 23.9 Å². The summed E-state index contributed by atoms with van der Waals surface area (Å²) in [6, 6.07) is 15.0. The number of hydrogen-bond donors (Lipinski definition) is 2. The standard InChI is InChI=1S/C38H55N3O7/c1-6-46-35(43)17-11-10-16-34(42)40-33(21-19-29-13-8-7-9-14-29)36(44)39-26-31-25-32(20-18-28(31)2)47-24-22-30-15-12-23-41(27-30)37(45)48-38(3,4)5/h7-9,13-14,18,20,25,30,33H,6,10-12,15-17,19,21-24,26-27H2,1-5H3,(H,39,44)(H,40,42)/t30?,33-/m0/s1. The van der Waals surface area contributed by atoms with Crippen LogP contribution in [0, 0.1) is 12.8 Å². The van der Waals surface area contributed by atoms with Crippen molar-refractivity contribution in [2.75, 3.05) is 26.3 Å². The summed E-state index contributed by atoms with van der Waals surface area (Å²) in [6.45, 7) is 11.9. The first-order chi connectivity index (χ1) is 22.9. The highest BCUT2D eigenvalue weighted by Crippen LogP contribution is 2.23. The molecule has 1 unspecified atom stereocenters. The molecular weight excluding hydrogens is 610 g/mol. The molecule has 1 aliphatic rings. The molecule has 2 atom stereocenters. The van der Waals surface area contributed by atoms with Crippen molar-refractivity contribution in [1.82, 2.24) is 15.5 Å². The van der Waals surface area contributed by atoms with Crippen molar-refractivity contribution in [1.29, 1.82) is 0 Å². The molecule has 1 fully saturated rings. The summed E-state index contributed by atoms with van der Waals surface area (Å²) in [6.07, 6.45) is 5.24. The van der Waals surface area contributed by atoms with Crippen LogP contribution < -0.4 is 15.4 Å². The van der Waals surface area contributed by atoms with E-state index in [-0.39, 0.29) is 36.7 Å². The first kappa shape index (κ1) is 38.4. The number of unbranched alkanes of at least 4 members (excludes halogenated alkanes) is 1. The Labute approximate surface area is 286 Å². The van der Waals surface area contributed by atoms with E-state index in [2.05, 4.69) is 10.6 Å². The minimum absolute atomic E-state index is 0.217. The second-order valence-electron chi connectivity index (χ2n) is 13.5. The molecule has 1 saturated heterocycles. The van der Waals surface area contributed by atoms with Crippen molar-refractivity contribution in [3.05, 3.63) is 65.2 Å². The average Bonchev–Trinajstić information content (AvgIpc) is 3.05. The summed E-state index contributed by atoms with van der Waals surface area (Å²) in [7, 11) is 0. The maximum Gasteiger partial charge on any atom is 0.410 e. The Kier molecular flexibility index (Phi) is 15.7. The van der Waals surface area contributed by atoms with Gasteiger partial charge < -0.3 is 29.7 Å². The van der Waals surface area contributed by atoms with Crippen LogP contribution in [0.3, 0.4) is 0 Å². The van der Waals surface area contributed by atoms with Crippen LogP contribution in [-0.2, 0) is 36.8 Å². The lowest BCUT2D eigenvalue weighted by molar-refractivity contribution is -0.143. The predicted molar refractivity (Wildman–Crippen MR) is 185 cm³/mol. The SMILES string of the molecule is CCOC(=O)CCCCC(=O)N[C@@H](CCc1ccccc1)C(=O)NCc1cc(OCCC2CCCN(C(=O)OC(C)(C)C)C2)ccc1C. The van der Waals surface area contributed by atoms with Crippen molar-refractivity contribution in [3.63, 3.8) is 0 Å². The van der Waals surface area contributed by atoms with Gasteiger partial charge in [-0.05, 0) is 114 Å². The van der Waals surface area contributed by atoms with Crippen LogP contribution in [0.4, 0.5) is 4.79 Å². The number of piperidine rings is 1. The normalized spacial score (nSPS) is 15.3. The number of rotatable bonds is 17. The smallest absolute Gasteiger partial charge is 0.410 e. The molecule has 2 aromatic carbocycles. The molecule has 48 heavy (non-hydrogen) atoms. The molecule has 3 amide bonds. The van der Waals surface area contributed by atoms with E-state index in [0.717, 1.165) is 41.7 Å². The number of benzene rings is 2. The van der Waals surface area contributed by atoms with E-state index in [4.69, 9.17) is 14.2 Å². The van der Waals surface area contributed by atoms with Gasteiger partial charge in [0.1, 0.15) is 17.4 Å². The van der Waals surface area contributed by atoms with E-state index in [9.17, 15) is 19.2 Å². The molecule has 0 saturated carbocycles. The minimum atomic E-state index is -0.696. The van der Waals surface area contributed by atoms with Crippen LogP contribution in [0.5, 0.6) is 5.75 Å². The number of nitrogens with zero attached hydrogens (tertiary/aromatic N) is 1. The van der Waals surface area contributed by atoms with E-state index < -0.39 is 11.6 Å². The molecule has 2 aromatic rings. The topological polar surface area (TPSA) is 123 Å². The fraction of sp³-hybridized carbons (Fsp3) is 0.579. The summed E-state index contributed by atoms with van der Waals surface area (Å²) in [5.74, 6) is 0.338. The van der Waals surface area contributed by atoms with Gasteiger partial charge in [-0.3, -0.25) is 14.4 Å². The fourth-order valence-electron chi connectivity index (χ4n) is 5.65. The lowest BCUT2D eigenvalue weighted by Gasteiger charge is -2.34. The van der Waals surface area contributed by atoms with Gasteiger partial charge in [-0.2, -0.15) is 0 Å². The highest BCUT2D eigenvalue weighted by molar-refractivity contribution is 5.87. The Morgan fingerprint density at radius 3 is 2.50 bits per heavy atom. The Morgan fingerprint density at radius 2 is 1.77 bits per heavy atom. The van der Waals surface area contributed by atoms with E-state index in [1.807, 2.05) is 76.2 Å². The van der Waals surface area contributed by atoms with Gasteiger partial charge >= 0.3 is 12.1 Å². The van der Waals surface area contributed by atoms with Gasteiger partial charge in [0, 0.05) is 32.5 Å². The number of likely N-dealkylation sites (tertiary alicyclic amines) is 1. The highest BCUT2D eigenvalue weighted by atomic mass is 16.6. The summed E-state index contributed by atoms with van der Waals surface area (Å²) >= 11 is 0. The van der Waals surface area contributed by atoms with E-state index in [1.165, 1.54) is 0 Å². The molecule has 10 heteroatoms. The Bertz CT molecular complexity index is 1330. The number of ether oxygens (including phenoxy) is 3. The van der Waals surface area contributed by atoms with Crippen molar-refractivity contribution in [3.8, 4) is 5.75 Å². The molecular formula is C38H55N3O7. The van der Waals surface area contributed by atoms with Crippen LogP contribution in [0.15, 0.2) is 48.5 Å². The van der Waals surface area contributed by atoms with Crippen molar-refractivity contribution in [2.45, 2.75) is 111 Å². The van der Waals surface area contributed by atoms with E-state index >= 15 is 0 Å². The molecule has 0 bridgehead atoms. The molecule has 2 N–H and O–H groups in total. The van der Waals surface area contributed by atoms with Gasteiger partial charge in [0.15, 0.2) is 0 Å². The Morgan fingerprint density at radius 1 is 1.02 bits per heavy atom. The summed E-state index contributed by atoms with van der Waals surface area (Å²) in [4.78, 5) is 52.1. The number of aryl methyl sites for hydroxylation is 2. The lowest BCUT2D eigenvalue weighted by Crippen LogP contribution is -2.46. The van der Waals surface area contributed by atoms with Crippen molar-refractivity contribution < 1.29 is 33.4 Å². The van der Waals surface area contributed by atoms with Crippen LogP contribution in [-0.4, -0.2) is 66.7 Å². The summed E-state index contributed by atoms with van der Waals surface area (Å²) in [5, 5.41) is 5.94. The average molecular weight is 666 g/mol. The second kappa shape index (κ2) is 19.7. The molecule has 0 spiro atoms. The lowest BCUT2D eigenvalue weighted by atomic mass is 9.95. The second-order valence-corrected chi connectivity index (χ2v) is 13.5. The first-order valence-corrected chi connectivity index (χ1v) is 17.4. The van der Waals surface area contributed by atoms with Crippen LogP contribution in [0.1, 0.15) is 95.8 Å². The molecule has 0 radical (unpaired) electrons. The first-order valence-electron chi connectivity index (χ1n) is 17.4. The monoisotopic (exact) mass is 665 g/mol. The van der Waals surface area contributed by atoms with Gasteiger partial charge in [0.25, 0.3) is 0 Å². The largest absolute Gasteiger partial charge is 0.494 e. The van der Waals surface area contributed by atoms with Crippen LogP contribution in [0.2, 0.25) is 0 Å². The zero-order chi connectivity index (χ0) is 34.9. The summed E-state index contributed by atoms with van der Waals surface area (Å²) < 4.78 is 16.6. The molecule has 0 aromatic heterocycles. The molecule has 1 heterocycles. The van der Waals surface area contributed by atoms with Gasteiger partial charge in [0.2, 0.25) is 11.8 Å². The molecule has 0 aliphatic carbocycles. The number of carbonyl (C=O) groups excluding carboxylic acids is 4. The minimum Gasteiger partial charge on any atom is -0.494 e. The molecule has 1 aliphatic heterocycles. The maximum atomic E-state index is 13.4. The van der Waals surface area contributed by atoms with Gasteiger partial charge in [0.05, 0.1) is 13.2 Å². The van der Waals surface area contributed by atoms with Gasteiger partial charge in [-0.15, -0.1) is 0 Å². The third kappa shape index (κ3) is 14.4. The van der Waals surface area contributed by atoms with Gasteiger partial charge in [-0.25, -0.2) is 4.79 Å². The van der Waals surface area contributed by atoms with E-state index in [0.29, 0.717) is 64.4 Å². The van der Waals surface area contributed by atoms with Crippen LogP contribution >= 0.6 is 0 Å². The Hall–Kier alpha value is -4.08. The number of carbonyl (C=O) groups is 4. The highest BCUT2D eigenvalue weighted by Gasteiger charge is 2.27. The predicted octanol–water partition coefficient (Wildman–Crippen LogP) is 6.27. The summed E-state index contributed by atoms with van der Waals surface area (Å²) in [5.41, 5.74) is 2.53. The number of amides is 3. The maximum absolute atomic E-state index is 13.4. The number of nitrogens with one attached hydrogen (secondary N) is 2. The number of hydrogen-bond acceptors (Lipinski definition) is 7. The molecule has 264 valence electrons. The zero-order valence-corrected chi connectivity index (χ0v) is 29.5. The molecule has 3 rings (SSSR count). The quantitative estimate of drug-likeness (QED) is 0.151.